The Bertz CT molecular complexity index is 872. The van der Waals surface area contributed by atoms with Crippen LogP contribution in [-0.2, 0) is 19.5 Å². The second kappa shape index (κ2) is 7.80. The molecule has 8 heteroatoms. The molecule has 0 saturated heterocycles. The summed E-state index contributed by atoms with van der Waals surface area (Å²) in [5.41, 5.74) is 1.23. The number of amides is 1. The highest BCUT2D eigenvalue weighted by atomic mass is 32.1. The summed E-state index contributed by atoms with van der Waals surface area (Å²) in [7, 11) is 0. The molecule has 0 aliphatic carbocycles. The number of hydrogen-bond donors (Lipinski definition) is 1. The van der Waals surface area contributed by atoms with Crippen molar-refractivity contribution >= 4 is 23.0 Å². The van der Waals surface area contributed by atoms with Crippen molar-refractivity contribution in [1.29, 1.82) is 0 Å². The first-order valence-electron chi connectivity index (χ1n) is 7.79. The van der Waals surface area contributed by atoms with Crippen molar-refractivity contribution in [2.24, 2.45) is 0 Å². The second-order valence-corrected chi connectivity index (χ2v) is 6.48. The summed E-state index contributed by atoms with van der Waals surface area (Å²) in [4.78, 5) is 27.8. The molecule has 0 atom stereocenters. The SMILES string of the molecule is CC(=O)c1ncc(C(=O)NCc2nncn2CCc2ccccc2)s1. The topological polar surface area (TPSA) is 89.8 Å². The minimum absolute atomic E-state index is 0.148. The Kier molecular flexibility index (Phi) is 5.30. The predicted octanol–water partition coefficient (Wildman–Crippen LogP) is 2.11. The van der Waals surface area contributed by atoms with E-state index in [1.54, 1.807) is 6.33 Å². The molecule has 25 heavy (non-hydrogen) atoms. The zero-order valence-corrected chi connectivity index (χ0v) is 14.5. The summed E-state index contributed by atoms with van der Waals surface area (Å²) in [6, 6.07) is 10.1. The van der Waals surface area contributed by atoms with Crippen molar-refractivity contribution in [3.8, 4) is 0 Å². The fourth-order valence-electron chi connectivity index (χ4n) is 2.29. The summed E-state index contributed by atoms with van der Waals surface area (Å²) in [6.07, 6.45) is 3.93. The molecule has 0 radical (unpaired) electrons. The number of aromatic nitrogens is 4. The maximum atomic E-state index is 12.2. The number of hydrogen-bond acceptors (Lipinski definition) is 6. The molecular formula is C17H17N5O2S. The number of thiazole rings is 1. The van der Waals surface area contributed by atoms with Crippen molar-refractivity contribution in [2.45, 2.75) is 26.4 Å². The number of aryl methyl sites for hydroxylation is 2. The monoisotopic (exact) mass is 355 g/mol. The second-order valence-electron chi connectivity index (χ2n) is 5.44. The molecule has 7 nitrogen and oxygen atoms in total. The van der Waals surface area contributed by atoms with E-state index in [0.29, 0.717) is 15.7 Å². The van der Waals surface area contributed by atoms with E-state index in [9.17, 15) is 9.59 Å². The smallest absolute Gasteiger partial charge is 0.263 e. The molecule has 3 aromatic rings. The largest absolute Gasteiger partial charge is 0.344 e. The van der Waals surface area contributed by atoms with Gasteiger partial charge in [0.2, 0.25) is 0 Å². The highest BCUT2D eigenvalue weighted by Crippen LogP contribution is 2.13. The molecule has 0 bridgehead atoms. The van der Waals surface area contributed by atoms with Gasteiger partial charge in [0.1, 0.15) is 11.2 Å². The van der Waals surface area contributed by atoms with Gasteiger partial charge in [0.15, 0.2) is 16.6 Å². The number of nitrogens with one attached hydrogen (secondary N) is 1. The molecule has 1 amide bonds. The lowest BCUT2D eigenvalue weighted by Crippen LogP contribution is -2.24. The van der Waals surface area contributed by atoms with Gasteiger partial charge >= 0.3 is 0 Å². The van der Waals surface area contributed by atoms with Crippen molar-refractivity contribution in [3.63, 3.8) is 0 Å². The van der Waals surface area contributed by atoms with Gasteiger partial charge in [0.05, 0.1) is 12.7 Å². The Morgan fingerprint density at radius 1 is 1.24 bits per heavy atom. The first kappa shape index (κ1) is 17.0. The summed E-state index contributed by atoms with van der Waals surface area (Å²) in [5.74, 6) is 0.257. The Balaban J connectivity index is 1.57. The third-order valence-corrected chi connectivity index (χ3v) is 4.71. The molecule has 0 aliphatic heterocycles. The quantitative estimate of drug-likeness (QED) is 0.656. The van der Waals surface area contributed by atoms with Gasteiger partial charge < -0.3 is 9.88 Å². The van der Waals surface area contributed by atoms with Crippen molar-refractivity contribution in [3.05, 3.63) is 64.1 Å². The van der Waals surface area contributed by atoms with E-state index in [4.69, 9.17) is 0 Å². The highest BCUT2D eigenvalue weighted by Gasteiger charge is 2.14. The van der Waals surface area contributed by atoms with Gasteiger partial charge in [-0.05, 0) is 12.0 Å². The summed E-state index contributed by atoms with van der Waals surface area (Å²) in [6.45, 7) is 2.42. The Morgan fingerprint density at radius 3 is 2.76 bits per heavy atom. The van der Waals surface area contributed by atoms with Crippen LogP contribution >= 0.6 is 11.3 Å². The predicted molar refractivity (Wildman–Crippen MR) is 93.5 cm³/mol. The van der Waals surface area contributed by atoms with Crippen molar-refractivity contribution in [1.82, 2.24) is 25.1 Å². The molecule has 0 spiro atoms. The fourth-order valence-corrected chi connectivity index (χ4v) is 3.01. The van der Waals surface area contributed by atoms with Crippen LogP contribution in [0.5, 0.6) is 0 Å². The van der Waals surface area contributed by atoms with E-state index in [1.807, 2.05) is 22.8 Å². The van der Waals surface area contributed by atoms with Gasteiger partial charge in [-0.1, -0.05) is 30.3 Å². The first-order valence-corrected chi connectivity index (χ1v) is 8.60. The molecule has 0 fully saturated rings. The fraction of sp³-hybridized carbons (Fsp3) is 0.235. The van der Waals surface area contributed by atoms with E-state index in [0.717, 1.165) is 24.3 Å². The Hall–Kier alpha value is -2.87. The number of nitrogens with zero attached hydrogens (tertiary/aromatic N) is 4. The van der Waals surface area contributed by atoms with Crippen LogP contribution in [0, 0.1) is 0 Å². The van der Waals surface area contributed by atoms with Gasteiger partial charge in [-0.3, -0.25) is 9.59 Å². The van der Waals surface area contributed by atoms with E-state index in [1.165, 1.54) is 18.7 Å². The molecular weight excluding hydrogens is 338 g/mol. The minimum atomic E-state index is -0.275. The van der Waals surface area contributed by atoms with Crippen LogP contribution < -0.4 is 5.32 Å². The molecule has 0 saturated carbocycles. The van der Waals surface area contributed by atoms with Crippen molar-refractivity contribution < 1.29 is 9.59 Å². The van der Waals surface area contributed by atoms with Crippen LogP contribution in [0.1, 0.15) is 37.8 Å². The zero-order valence-electron chi connectivity index (χ0n) is 13.7. The molecule has 0 unspecified atom stereocenters. The Labute approximate surface area is 148 Å². The molecule has 2 aromatic heterocycles. The normalized spacial score (nSPS) is 10.6. The average molecular weight is 355 g/mol. The van der Waals surface area contributed by atoms with Gasteiger partial charge in [-0.15, -0.1) is 21.5 Å². The number of benzene rings is 1. The number of ketones is 1. The molecule has 1 aromatic carbocycles. The third kappa shape index (κ3) is 4.36. The molecule has 128 valence electrons. The number of rotatable bonds is 7. The van der Waals surface area contributed by atoms with Crippen LogP contribution in [-0.4, -0.2) is 31.4 Å². The first-order chi connectivity index (χ1) is 12.1. The van der Waals surface area contributed by atoms with E-state index in [2.05, 4.69) is 32.6 Å². The molecule has 0 aliphatic rings. The lowest BCUT2D eigenvalue weighted by Gasteiger charge is -2.07. The van der Waals surface area contributed by atoms with Crippen LogP contribution in [0.3, 0.4) is 0 Å². The van der Waals surface area contributed by atoms with Crippen LogP contribution in [0.25, 0.3) is 0 Å². The van der Waals surface area contributed by atoms with Gasteiger partial charge in [0.25, 0.3) is 5.91 Å². The third-order valence-electron chi connectivity index (χ3n) is 3.62. The summed E-state index contributed by atoms with van der Waals surface area (Å²) >= 11 is 1.08. The maximum Gasteiger partial charge on any atom is 0.263 e. The summed E-state index contributed by atoms with van der Waals surface area (Å²) < 4.78 is 1.92. The van der Waals surface area contributed by atoms with E-state index >= 15 is 0 Å². The van der Waals surface area contributed by atoms with Crippen LogP contribution in [0.2, 0.25) is 0 Å². The number of carbonyl (C=O) groups excluding carboxylic acids is 2. The standard InChI is InChI=1S/C17H17N5O2S/c1-12(23)17-19-9-14(25-17)16(24)18-10-15-21-20-11-22(15)8-7-13-5-3-2-4-6-13/h2-6,9,11H,7-8,10H2,1H3,(H,18,24). The minimum Gasteiger partial charge on any atom is -0.344 e. The van der Waals surface area contributed by atoms with Crippen LogP contribution in [0.4, 0.5) is 0 Å². The van der Waals surface area contributed by atoms with Gasteiger partial charge in [0, 0.05) is 13.5 Å². The number of Topliss-reactive ketones (excluding diaryl/α,β-unsaturated/α-hetero) is 1. The highest BCUT2D eigenvalue weighted by molar-refractivity contribution is 7.15. The lowest BCUT2D eigenvalue weighted by molar-refractivity contribution is 0.0952. The number of carbonyl (C=O) groups is 2. The van der Waals surface area contributed by atoms with Gasteiger partial charge in [-0.2, -0.15) is 0 Å². The van der Waals surface area contributed by atoms with E-state index < -0.39 is 0 Å². The molecule has 1 N–H and O–H groups in total. The van der Waals surface area contributed by atoms with E-state index in [-0.39, 0.29) is 18.2 Å². The van der Waals surface area contributed by atoms with Gasteiger partial charge in [-0.25, -0.2) is 4.98 Å². The average Bonchev–Trinajstić information content (AvgIpc) is 3.28. The maximum absolute atomic E-state index is 12.2. The molecule has 3 rings (SSSR count). The van der Waals surface area contributed by atoms with Crippen LogP contribution in [0.15, 0.2) is 42.9 Å². The zero-order chi connectivity index (χ0) is 17.6. The Morgan fingerprint density at radius 2 is 2.04 bits per heavy atom. The lowest BCUT2D eigenvalue weighted by atomic mass is 10.1. The summed E-state index contributed by atoms with van der Waals surface area (Å²) in [5, 5.41) is 11.1. The molecule has 2 heterocycles. The van der Waals surface area contributed by atoms with Crippen molar-refractivity contribution in [2.75, 3.05) is 0 Å².